The Kier molecular flexibility index (Phi) is 6.96. The molecular weight excluding hydrogens is 430 g/mol. The van der Waals surface area contributed by atoms with Gasteiger partial charge in [0.2, 0.25) is 0 Å². The molecule has 1 aromatic heterocycles. The van der Waals surface area contributed by atoms with Gasteiger partial charge in [-0.15, -0.1) is 0 Å². The smallest absolute Gasteiger partial charge is 0.159 e. The van der Waals surface area contributed by atoms with Gasteiger partial charge in [-0.1, -0.05) is 55.3 Å². The molecule has 0 amide bonds. The Morgan fingerprint density at radius 2 is 1.75 bits per heavy atom. The summed E-state index contributed by atoms with van der Waals surface area (Å²) in [6.07, 6.45) is 6.35. The van der Waals surface area contributed by atoms with E-state index in [1.165, 1.54) is 12.1 Å². The molecule has 0 bridgehead atoms. The van der Waals surface area contributed by atoms with Gasteiger partial charge >= 0.3 is 0 Å². The molecule has 1 heterocycles. The fourth-order valence-electron chi connectivity index (χ4n) is 3.52. The van der Waals surface area contributed by atoms with E-state index in [-0.39, 0.29) is 10.8 Å². The van der Waals surface area contributed by atoms with Gasteiger partial charge in [0.25, 0.3) is 0 Å². The molecule has 3 aromatic carbocycles. The van der Waals surface area contributed by atoms with Crippen LogP contribution >= 0.6 is 11.6 Å². The third-order valence-corrected chi connectivity index (χ3v) is 5.66. The number of aryl methyl sites for hydroxylation is 2. The van der Waals surface area contributed by atoms with Gasteiger partial charge in [0.1, 0.15) is 11.6 Å². The Balaban J connectivity index is 1.51. The predicted molar refractivity (Wildman–Crippen MR) is 124 cm³/mol. The number of hydrogen-bond donors (Lipinski definition) is 0. The van der Waals surface area contributed by atoms with E-state index in [0.717, 1.165) is 29.4 Å². The lowest BCUT2D eigenvalue weighted by Gasteiger charge is -2.09. The monoisotopic (exact) mass is 452 g/mol. The SMILES string of the molecule is CCCCOc1cnc(-c2ccc3c(F)c(CCc4ccc(Cl)c(F)c4)ccc3c2)nc1. The Bertz CT molecular complexity index is 1230. The molecular formula is C26H23ClF2N2O. The van der Waals surface area contributed by atoms with Crippen molar-refractivity contribution in [2.45, 2.75) is 32.6 Å². The summed E-state index contributed by atoms with van der Waals surface area (Å²) < 4.78 is 34.3. The van der Waals surface area contributed by atoms with Crippen molar-refractivity contribution >= 4 is 22.4 Å². The van der Waals surface area contributed by atoms with Crippen molar-refractivity contribution in [2.24, 2.45) is 0 Å². The molecule has 0 saturated heterocycles. The first-order chi connectivity index (χ1) is 15.5. The Hall–Kier alpha value is -3.05. The summed E-state index contributed by atoms with van der Waals surface area (Å²) in [5, 5.41) is 1.39. The fourth-order valence-corrected chi connectivity index (χ4v) is 3.64. The second-order valence-corrected chi connectivity index (χ2v) is 8.07. The molecule has 3 nitrogen and oxygen atoms in total. The third-order valence-electron chi connectivity index (χ3n) is 5.35. The highest BCUT2D eigenvalue weighted by molar-refractivity contribution is 6.30. The maximum Gasteiger partial charge on any atom is 0.159 e. The molecule has 0 saturated carbocycles. The minimum Gasteiger partial charge on any atom is -0.490 e. The van der Waals surface area contributed by atoms with Crippen molar-refractivity contribution < 1.29 is 13.5 Å². The molecule has 32 heavy (non-hydrogen) atoms. The zero-order valence-electron chi connectivity index (χ0n) is 17.7. The summed E-state index contributed by atoms with van der Waals surface area (Å²) in [6.45, 7) is 2.75. The number of rotatable bonds is 8. The number of benzene rings is 3. The van der Waals surface area contributed by atoms with E-state index in [0.29, 0.717) is 42.0 Å². The first-order valence-electron chi connectivity index (χ1n) is 10.7. The average molecular weight is 453 g/mol. The molecule has 4 aromatic rings. The topological polar surface area (TPSA) is 35.0 Å². The van der Waals surface area contributed by atoms with Crippen LogP contribution in [0, 0.1) is 11.6 Å². The van der Waals surface area contributed by atoms with Crippen LogP contribution in [0.2, 0.25) is 5.02 Å². The van der Waals surface area contributed by atoms with E-state index in [1.807, 2.05) is 18.2 Å². The molecule has 4 rings (SSSR count). The van der Waals surface area contributed by atoms with E-state index in [1.54, 1.807) is 30.6 Å². The number of unbranched alkanes of at least 4 members (excludes halogenated alkanes) is 1. The summed E-state index contributed by atoms with van der Waals surface area (Å²) >= 11 is 5.73. The van der Waals surface area contributed by atoms with Crippen LogP contribution in [0.4, 0.5) is 8.78 Å². The molecule has 0 spiro atoms. The Morgan fingerprint density at radius 1 is 0.938 bits per heavy atom. The van der Waals surface area contributed by atoms with Crippen LogP contribution in [-0.2, 0) is 12.8 Å². The Morgan fingerprint density at radius 3 is 2.50 bits per heavy atom. The first kappa shape index (κ1) is 22.2. The zero-order valence-corrected chi connectivity index (χ0v) is 18.5. The standard InChI is InChI=1S/C26H23ClF2N2O/c1-2-3-12-32-21-15-30-26(31-16-21)20-9-10-22-19(14-20)8-7-18(25(22)29)6-4-17-5-11-23(27)24(28)13-17/h5,7-11,13-16H,2-4,6,12H2,1H3. The molecule has 0 atom stereocenters. The number of ether oxygens (including phenoxy) is 1. The van der Waals surface area contributed by atoms with Gasteiger partial charge in [0.05, 0.1) is 24.0 Å². The molecule has 0 aliphatic carbocycles. The minimum atomic E-state index is -0.460. The van der Waals surface area contributed by atoms with Gasteiger partial charge in [-0.25, -0.2) is 18.7 Å². The van der Waals surface area contributed by atoms with Gasteiger partial charge < -0.3 is 4.74 Å². The van der Waals surface area contributed by atoms with Crippen molar-refractivity contribution in [3.05, 3.63) is 88.7 Å². The lowest BCUT2D eigenvalue weighted by Crippen LogP contribution is -1.99. The predicted octanol–water partition coefficient (Wildman–Crippen LogP) is 7.19. The minimum absolute atomic E-state index is 0.0871. The molecule has 0 fully saturated rings. The molecule has 0 unspecified atom stereocenters. The van der Waals surface area contributed by atoms with Crippen LogP contribution in [-0.4, -0.2) is 16.6 Å². The number of fused-ring (bicyclic) bond motifs is 1. The second kappa shape index (κ2) is 10.0. The van der Waals surface area contributed by atoms with Gasteiger partial charge in [-0.3, -0.25) is 0 Å². The number of aromatic nitrogens is 2. The summed E-state index contributed by atoms with van der Waals surface area (Å²) in [4.78, 5) is 8.76. The van der Waals surface area contributed by atoms with E-state index in [2.05, 4.69) is 16.9 Å². The molecule has 0 N–H and O–H groups in total. The summed E-state index contributed by atoms with van der Waals surface area (Å²) in [5.41, 5.74) is 2.17. The van der Waals surface area contributed by atoms with Gasteiger partial charge in [0.15, 0.2) is 11.6 Å². The summed E-state index contributed by atoms with van der Waals surface area (Å²) in [6, 6.07) is 13.8. The highest BCUT2D eigenvalue weighted by Crippen LogP contribution is 2.27. The molecule has 6 heteroatoms. The van der Waals surface area contributed by atoms with Crippen molar-refractivity contribution in [1.29, 1.82) is 0 Å². The number of nitrogens with zero attached hydrogens (tertiary/aromatic N) is 2. The van der Waals surface area contributed by atoms with Crippen LogP contribution in [0.25, 0.3) is 22.2 Å². The van der Waals surface area contributed by atoms with Crippen LogP contribution in [0.15, 0.2) is 60.9 Å². The average Bonchev–Trinajstić information content (AvgIpc) is 2.81. The normalized spacial score (nSPS) is 11.1. The van der Waals surface area contributed by atoms with E-state index in [9.17, 15) is 4.39 Å². The maximum atomic E-state index is 15.1. The zero-order chi connectivity index (χ0) is 22.5. The van der Waals surface area contributed by atoms with E-state index < -0.39 is 5.82 Å². The quantitative estimate of drug-likeness (QED) is 0.265. The van der Waals surface area contributed by atoms with Gasteiger partial charge in [-0.05, 0) is 54.0 Å². The van der Waals surface area contributed by atoms with Crippen molar-refractivity contribution in [3.63, 3.8) is 0 Å². The molecule has 164 valence electrons. The highest BCUT2D eigenvalue weighted by Gasteiger charge is 2.11. The summed E-state index contributed by atoms with van der Waals surface area (Å²) in [5.74, 6) is 0.478. The van der Waals surface area contributed by atoms with Crippen molar-refractivity contribution in [1.82, 2.24) is 9.97 Å². The van der Waals surface area contributed by atoms with E-state index in [4.69, 9.17) is 16.3 Å². The third kappa shape index (κ3) is 5.05. The van der Waals surface area contributed by atoms with Gasteiger partial charge in [0, 0.05) is 10.9 Å². The van der Waals surface area contributed by atoms with Gasteiger partial charge in [-0.2, -0.15) is 0 Å². The number of halogens is 3. The first-order valence-corrected chi connectivity index (χ1v) is 11.0. The molecule has 0 aliphatic rings. The van der Waals surface area contributed by atoms with Crippen LogP contribution in [0.5, 0.6) is 5.75 Å². The maximum absolute atomic E-state index is 15.1. The van der Waals surface area contributed by atoms with Crippen molar-refractivity contribution in [2.75, 3.05) is 6.61 Å². The van der Waals surface area contributed by atoms with Crippen molar-refractivity contribution in [3.8, 4) is 17.1 Å². The lowest BCUT2D eigenvalue weighted by molar-refractivity contribution is 0.307. The molecule has 0 aliphatic heterocycles. The van der Waals surface area contributed by atoms with Crippen LogP contribution in [0.1, 0.15) is 30.9 Å². The second-order valence-electron chi connectivity index (χ2n) is 7.67. The highest BCUT2D eigenvalue weighted by atomic mass is 35.5. The molecule has 0 radical (unpaired) electrons. The van der Waals surface area contributed by atoms with E-state index >= 15 is 4.39 Å². The Labute approximate surface area is 191 Å². The number of hydrogen-bond acceptors (Lipinski definition) is 3. The van der Waals surface area contributed by atoms with Crippen LogP contribution in [0.3, 0.4) is 0 Å². The lowest BCUT2D eigenvalue weighted by atomic mass is 9.99. The van der Waals surface area contributed by atoms with Crippen LogP contribution < -0.4 is 4.74 Å². The fraction of sp³-hybridized carbons (Fsp3) is 0.231. The largest absolute Gasteiger partial charge is 0.490 e. The summed E-state index contributed by atoms with van der Waals surface area (Å²) in [7, 11) is 0.